The van der Waals surface area contributed by atoms with E-state index in [1.54, 1.807) is 12.1 Å². The minimum atomic E-state index is -0.475. The minimum Gasteiger partial charge on any atom is -0.365 e. The molecule has 2 aromatic rings. The van der Waals surface area contributed by atoms with Crippen LogP contribution >= 0.6 is 11.3 Å². The molecule has 0 bridgehead atoms. The fourth-order valence-electron chi connectivity index (χ4n) is 2.96. The number of anilines is 1. The summed E-state index contributed by atoms with van der Waals surface area (Å²) in [5.41, 5.74) is 8.72. The molecule has 24 heavy (non-hydrogen) atoms. The van der Waals surface area contributed by atoms with Gasteiger partial charge in [0.25, 0.3) is 11.8 Å². The molecule has 0 aliphatic carbocycles. The summed E-state index contributed by atoms with van der Waals surface area (Å²) in [6, 6.07) is 7.34. The first-order valence-corrected chi connectivity index (χ1v) is 8.86. The van der Waals surface area contributed by atoms with Crippen LogP contribution in [0.3, 0.4) is 0 Å². The van der Waals surface area contributed by atoms with Crippen molar-refractivity contribution in [2.24, 2.45) is 5.73 Å². The smallest absolute Gasteiger partial charge is 0.256 e. The van der Waals surface area contributed by atoms with Crippen LogP contribution < -0.4 is 11.1 Å². The van der Waals surface area contributed by atoms with Gasteiger partial charge in [-0.1, -0.05) is 24.6 Å². The molecule has 1 aromatic carbocycles. The topological polar surface area (TPSA) is 75.4 Å². The first-order valence-electron chi connectivity index (χ1n) is 8.04. The Morgan fingerprint density at radius 2 is 2.00 bits per heavy atom. The number of carbonyl (C=O) groups excluding carboxylic acids is 2. The van der Waals surface area contributed by atoms with Gasteiger partial charge in [-0.05, 0) is 37.6 Å². The molecule has 3 N–H and O–H groups in total. The lowest BCUT2D eigenvalue weighted by Crippen LogP contribution is -2.30. The molecule has 0 saturated heterocycles. The molecule has 2 amide bonds. The fourth-order valence-corrected chi connectivity index (χ4v) is 4.25. The third-order valence-corrected chi connectivity index (χ3v) is 5.50. The molecule has 0 spiro atoms. The van der Waals surface area contributed by atoms with Gasteiger partial charge < -0.3 is 11.1 Å². The highest BCUT2D eigenvalue weighted by atomic mass is 32.1. The number of fused-ring (bicyclic) bond motifs is 1. The van der Waals surface area contributed by atoms with E-state index in [2.05, 4.69) is 17.1 Å². The number of nitrogens with two attached hydrogens (primary N) is 1. The summed E-state index contributed by atoms with van der Waals surface area (Å²) in [6.45, 7) is 6.77. The van der Waals surface area contributed by atoms with E-state index in [4.69, 9.17) is 5.73 Å². The molecule has 6 heteroatoms. The van der Waals surface area contributed by atoms with Gasteiger partial charge in [0.15, 0.2) is 0 Å². The van der Waals surface area contributed by atoms with E-state index in [0.29, 0.717) is 16.1 Å². The minimum absolute atomic E-state index is 0.219. The second kappa shape index (κ2) is 6.75. The number of nitrogens with zero attached hydrogens (tertiary/aromatic N) is 1. The Kier molecular flexibility index (Phi) is 4.69. The second-order valence-corrected chi connectivity index (χ2v) is 7.12. The van der Waals surface area contributed by atoms with Crippen LogP contribution in [0, 0.1) is 6.92 Å². The van der Waals surface area contributed by atoms with Crippen LogP contribution in [0.4, 0.5) is 5.00 Å². The molecule has 1 aromatic heterocycles. The number of benzene rings is 1. The number of thiophene rings is 1. The van der Waals surface area contributed by atoms with Gasteiger partial charge in [-0.2, -0.15) is 0 Å². The van der Waals surface area contributed by atoms with Crippen molar-refractivity contribution in [1.29, 1.82) is 0 Å². The molecule has 0 atom stereocenters. The Bertz CT molecular complexity index is 780. The molecule has 0 radical (unpaired) electrons. The van der Waals surface area contributed by atoms with Crippen molar-refractivity contribution >= 4 is 28.2 Å². The lowest BCUT2D eigenvalue weighted by molar-refractivity contribution is 0.1000. The molecule has 0 unspecified atom stereocenters. The third-order valence-electron chi connectivity index (χ3n) is 4.37. The highest BCUT2D eigenvalue weighted by Crippen LogP contribution is 2.37. The number of primary amides is 1. The van der Waals surface area contributed by atoms with Crippen LogP contribution in [0.2, 0.25) is 0 Å². The number of amides is 2. The molecular formula is C18H21N3O2S. The van der Waals surface area contributed by atoms with Crippen molar-refractivity contribution in [1.82, 2.24) is 4.90 Å². The fraction of sp³-hybridized carbons (Fsp3) is 0.333. The third kappa shape index (κ3) is 3.20. The zero-order valence-electron chi connectivity index (χ0n) is 13.9. The summed E-state index contributed by atoms with van der Waals surface area (Å²) < 4.78 is 0. The van der Waals surface area contributed by atoms with Crippen LogP contribution in [0.25, 0.3) is 0 Å². The zero-order chi connectivity index (χ0) is 17.3. The van der Waals surface area contributed by atoms with Gasteiger partial charge in [0.1, 0.15) is 5.00 Å². The number of hydrogen-bond donors (Lipinski definition) is 2. The van der Waals surface area contributed by atoms with Gasteiger partial charge in [0, 0.05) is 23.5 Å². The molecule has 1 aliphatic heterocycles. The van der Waals surface area contributed by atoms with Gasteiger partial charge in [-0.3, -0.25) is 14.5 Å². The van der Waals surface area contributed by atoms with Crippen molar-refractivity contribution in [2.45, 2.75) is 26.8 Å². The summed E-state index contributed by atoms with van der Waals surface area (Å²) in [6.07, 6.45) is 0.790. The summed E-state index contributed by atoms with van der Waals surface area (Å²) in [4.78, 5) is 27.8. The Labute approximate surface area is 145 Å². The van der Waals surface area contributed by atoms with Crippen LogP contribution in [0.1, 0.15) is 43.6 Å². The van der Waals surface area contributed by atoms with Gasteiger partial charge in [0.05, 0.1) is 5.56 Å². The second-order valence-electron chi connectivity index (χ2n) is 6.01. The van der Waals surface area contributed by atoms with Crippen molar-refractivity contribution in [2.75, 3.05) is 18.4 Å². The van der Waals surface area contributed by atoms with Crippen LogP contribution in [-0.4, -0.2) is 29.8 Å². The maximum Gasteiger partial charge on any atom is 0.256 e. The van der Waals surface area contributed by atoms with E-state index < -0.39 is 5.91 Å². The van der Waals surface area contributed by atoms with Gasteiger partial charge in [-0.15, -0.1) is 11.3 Å². The molecule has 2 heterocycles. The first-order chi connectivity index (χ1) is 11.5. The summed E-state index contributed by atoms with van der Waals surface area (Å²) in [7, 11) is 0. The highest BCUT2D eigenvalue weighted by molar-refractivity contribution is 7.17. The standard InChI is InChI=1S/C18H21N3O2S/c1-3-21-9-8-13-14(10-21)24-18(15(13)16(19)22)20-17(23)12-6-4-11(2)5-7-12/h4-7H,3,8-10H2,1-2H3,(H2,19,22)(H,20,23). The highest BCUT2D eigenvalue weighted by Gasteiger charge is 2.27. The Hall–Kier alpha value is -2.18. The van der Waals surface area contributed by atoms with E-state index >= 15 is 0 Å². The lowest BCUT2D eigenvalue weighted by atomic mass is 10.0. The molecule has 0 saturated carbocycles. The number of aryl methyl sites for hydroxylation is 1. The number of carbonyl (C=O) groups is 2. The van der Waals surface area contributed by atoms with E-state index in [1.807, 2.05) is 19.1 Å². The Morgan fingerprint density at radius 1 is 1.29 bits per heavy atom. The monoisotopic (exact) mass is 343 g/mol. The molecule has 3 rings (SSSR count). The van der Waals surface area contributed by atoms with E-state index in [0.717, 1.165) is 42.1 Å². The summed E-state index contributed by atoms with van der Waals surface area (Å²) in [5.74, 6) is -0.694. The lowest BCUT2D eigenvalue weighted by Gasteiger charge is -2.25. The number of rotatable bonds is 4. The average molecular weight is 343 g/mol. The number of nitrogens with one attached hydrogen (secondary N) is 1. The Morgan fingerprint density at radius 3 is 2.62 bits per heavy atom. The Balaban J connectivity index is 1.90. The van der Waals surface area contributed by atoms with Gasteiger partial charge >= 0.3 is 0 Å². The maximum atomic E-state index is 12.5. The van der Waals surface area contributed by atoms with Crippen LogP contribution in [-0.2, 0) is 13.0 Å². The van der Waals surface area contributed by atoms with Crippen LogP contribution in [0.5, 0.6) is 0 Å². The summed E-state index contributed by atoms with van der Waals surface area (Å²) in [5, 5.41) is 3.44. The number of hydrogen-bond acceptors (Lipinski definition) is 4. The van der Waals surface area contributed by atoms with Crippen molar-refractivity contribution < 1.29 is 9.59 Å². The largest absolute Gasteiger partial charge is 0.365 e. The average Bonchev–Trinajstić information content (AvgIpc) is 2.92. The SMILES string of the molecule is CCN1CCc2c(sc(NC(=O)c3ccc(C)cc3)c2C(N)=O)C1. The van der Waals surface area contributed by atoms with Gasteiger partial charge in [0.2, 0.25) is 0 Å². The van der Waals surface area contributed by atoms with Gasteiger partial charge in [-0.25, -0.2) is 0 Å². The van der Waals surface area contributed by atoms with Crippen molar-refractivity contribution in [3.8, 4) is 0 Å². The predicted molar refractivity (Wildman–Crippen MR) is 96.6 cm³/mol. The molecule has 5 nitrogen and oxygen atoms in total. The first kappa shape index (κ1) is 16.7. The zero-order valence-corrected chi connectivity index (χ0v) is 14.7. The van der Waals surface area contributed by atoms with E-state index in [1.165, 1.54) is 11.3 Å². The molecule has 0 fully saturated rings. The van der Waals surface area contributed by atoms with E-state index in [-0.39, 0.29) is 5.91 Å². The van der Waals surface area contributed by atoms with Crippen molar-refractivity contribution in [3.05, 3.63) is 51.4 Å². The van der Waals surface area contributed by atoms with E-state index in [9.17, 15) is 9.59 Å². The maximum absolute atomic E-state index is 12.5. The van der Waals surface area contributed by atoms with Crippen molar-refractivity contribution in [3.63, 3.8) is 0 Å². The summed E-state index contributed by atoms with van der Waals surface area (Å²) >= 11 is 1.46. The molecule has 126 valence electrons. The predicted octanol–water partition coefficient (Wildman–Crippen LogP) is 2.79. The van der Waals surface area contributed by atoms with Crippen LogP contribution in [0.15, 0.2) is 24.3 Å². The molecule has 1 aliphatic rings. The molecular weight excluding hydrogens is 322 g/mol. The normalized spacial score (nSPS) is 14.2. The quantitative estimate of drug-likeness (QED) is 0.896. The number of likely N-dealkylation sites (N-methyl/N-ethyl adjacent to an activating group) is 1.